The lowest BCUT2D eigenvalue weighted by molar-refractivity contribution is -0.140. The van der Waals surface area contributed by atoms with Crippen LogP contribution in [0.5, 0.6) is 0 Å². The maximum atomic E-state index is 12.9. The number of sulfonamides is 1. The minimum absolute atomic E-state index is 0.0106. The molecule has 24 heavy (non-hydrogen) atoms. The second kappa shape index (κ2) is 5.97. The number of rotatable bonds is 4. The molecule has 0 atom stereocenters. The molecule has 5 rings (SSSR count). The number of carbonyl (C=O) groups excluding carboxylic acids is 1. The molecule has 5 fully saturated rings. The topological polar surface area (TPSA) is 66.5 Å². The van der Waals surface area contributed by atoms with Crippen molar-refractivity contribution in [1.29, 1.82) is 0 Å². The van der Waals surface area contributed by atoms with E-state index < -0.39 is 10.0 Å². The predicted octanol–water partition coefficient (Wildman–Crippen LogP) is 2.13. The summed E-state index contributed by atoms with van der Waals surface area (Å²) in [5.74, 6) is 2.96. The Bertz CT molecular complexity index is 572. The van der Waals surface area contributed by atoms with Gasteiger partial charge < -0.3 is 4.90 Å². The van der Waals surface area contributed by atoms with Gasteiger partial charge in [0.25, 0.3) is 0 Å². The van der Waals surface area contributed by atoms with Gasteiger partial charge in [-0.05, 0) is 74.5 Å². The van der Waals surface area contributed by atoms with Gasteiger partial charge in [0, 0.05) is 25.6 Å². The molecule has 1 N–H and O–H groups in total. The second-order valence-electron chi connectivity index (χ2n) is 9.14. The molecular formula is C18H30N2O3S. The van der Waals surface area contributed by atoms with Gasteiger partial charge in [-0.3, -0.25) is 4.79 Å². The van der Waals surface area contributed by atoms with Gasteiger partial charge in [0.15, 0.2) is 0 Å². The summed E-state index contributed by atoms with van der Waals surface area (Å²) < 4.78 is 25.4. The third-order valence-corrected chi connectivity index (χ3v) is 7.68. The first kappa shape index (κ1) is 16.8. The van der Waals surface area contributed by atoms with Crippen LogP contribution in [0.15, 0.2) is 0 Å². The molecule has 1 saturated heterocycles. The molecule has 136 valence electrons. The van der Waals surface area contributed by atoms with Crippen LogP contribution in [-0.2, 0) is 14.8 Å². The molecule has 4 bridgehead atoms. The maximum absolute atomic E-state index is 12.9. The molecule has 0 aromatic carbocycles. The van der Waals surface area contributed by atoms with Gasteiger partial charge in [-0.1, -0.05) is 0 Å². The van der Waals surface area contributed by atoms with E-state index in [2.05, 4.69) is 4.72 Å². The molecule has 0 radical (unpaired) electrons. The van der Waals surface area contributed by atoms with Crippen molar-refractivity contribution in [3.05, 3.63) is 0 Å². The fourth-order valence-corrected chi connectivity index (χ4v) is 7.33. The summed E-state index contributed by atoms with van der Waals surface area (Å²) >= 11 is 0. The first-order chi connectivity index (χ1) is 11.3. The zero-order valence-electron chi connectivity index (χ0n) is 14.7. The summed E-state index contributed by atoms with van der Waals surface area (Å²) in [6, 6.07) is -0.0106. The monoisotopic (exact) mass is 354 g/mol. The van der Waals surface area contributed by atoms with Crippen molar-refractivity contribution in [2.24, 2.45) is 23.2 Å². The number of hydrogen-bond acceptors (Lipinski definition) is 3. The van der Waals surface area contributed by atoms with E-state index in [-0.39, 0.29) is 6.04 Å². The van der Waals surface area contributed by atoms with Crippen molar-refractivity contribution in [2.75, 3.05) is 19.3 Å². The molecule has 4 aliphatic carbocycles. The van der Waals surface area contributed by atoms with E-state index >= 15 is 0 Å². The van der Waals surface area contributed by atoms with Crippen molar-refractivity contribution in [1.82, 2.24) is 9.62 Å². The van der Waals surface area contributed by atoms with Crippen LogP contribution < -0.4 is 4.72 Å². The molecule has 5 nitrogen and oxygen atoms in total. The van der Waals surface area contributed by atoms with Crippen LogP contribution in [0.1, 0.15) is 57.8 Å². The summed E-state index contributed by atoms with van der Waals surface area (Å²) in [7, 11) is -3.15. The zero-order valence-corrected chi connectivity index (χ0v) is 15.5. The van der Waals surface area contributed by atoms with E-state index in [1.54, 1.807) is 0 Å². The molecule has 0 aromatic rings. The van der Waals surface area contributed by atoms with Crippen LogP contribution >= 0.6 is 0 Å². The minimum atomic E-state index is -3.15. The van der Waals surface area contributed by atoms with Crippen LogP contribution in [0.25, 0.3) is 0 Å². The van der Waals surface area contributed by atoms with E-state index in [9.17, 15) is 13.2 Å². The molecule has 1 aliphatic heterocycles. The van der Waals surface area contributed by atoms with Gasteiger partial charge in [0.05, 0.1) is 6.26 Å². The highest BCUT2D eigenvalue weighted by Gasteiger charge is 2.51. The summed E-state index contributed by atoms with van der Waals surface area (Å²) in [6.45, 7) is 1.39. The standard InChI is InChI=1S/C18H30N2O3S/c1-24(22,23)19-16-2-4-20(5-3-16)17(21)12-18-9-13-6-14(10-18)8-15(7-13)11-18/h13-16,19H,2-12H2,1H3. The maximum Gasteiger partial charge on any atom is 0.223 e. The molecule has 5 aliphatic rings. The number of amides is 1. The minimum Gasteiger partial charge on any atom is -0.343 e. The molecule has 0 aromatic heterocycles. The molecular weight excluding hydrogens is 324 g/mol. The van der Waals surface area contributed by atoms with Gasteiger partial charge in [0.2, 0.25) is 15.9 Å². The van der Waals surface area contributed by atoms with E-state index in [0.717, 1.165) is 37.0 Å². The lowest BCUT2D eigenvalue weighted by Crippen LogP contribution is -2.50. The Kier molecular flexibility index (Phi) is 4.19. The Morgan fingerprint density at radius 2 is 1.54 bits per heavy atom. The van der Waals surface area contributed by atoms with Crippen LogP contribution in [0.4, 0.5) is 0 Å². The Morgan fingerprint density at radius 3 is 2.00 bits per heavy atom. The normalized spacial score (nSPS) is 39.4. The Labute approximate surface area is 145 Å². The fourth-order valence-electron chi connectivity index (χ4n) is 6.49. The lowest BCUT2D eigenvalue weighted by atomic mass is 9.49. The first-order valence-corrected chi connectivity index (χ1v) is 11.4. The molecule has 4 saturated carbocycles. The lowest BCUT2D eigenvalue weighted by Gasteiger charge is -2.57. The summed E-state index contributed by atoms with van der Waals surface area (Å²) in [5, 5.41) is 0. The highest BCUT2D eigenvalue weighted by atomic mass is 32.2. The van der Waals surface area contributed by atoms with Gasteiger partial charge in [-0.2, -0.15) is 0 Å². The second-order valence-corrected chi connectivity index (χ2v) is 10.9. The molecule has 0 unspecified atom stereocenters. The largest absolute Gasteiger partial charge is 0.343 e. The smallest absolute Gasteiger partial charge is 0.223 e. The van der Waals surface area contributed by atoms with Gasteiger partial charge in [-0.25, -0.2) is 13.1 Å². The fraction of sp³-hybridized carbons (Fsp3) is 0.944. The van der Waals surface area contributed by atoms with Crippen molar-refractivity contribution in [3.8, 4) is 0 Å². The molecule has 1 heterocycles. The number of nitrogens with one attached hydrogen (secondary N) is 1. The Morgan fingerprint density at radius 1 is 1.04 bits per heavy atom. The first-order valence-electron chi connectivity index (χ1n) is 9.55. The highest BCUT2D eigenvalue weighted by molar-refractivity contribution is 7.88. The number of piperidine rings is 1. The SMILES string of the molecule is CS(=O)(=O)NC1CCN(C(=O)CC23CC4CC(CC(C4)C2)C3)CC1. The predicted molar refractivity (Wildman–Crippen MR) is 92.8 cm³/mol. The molecule has 1 amide bonds. The number of hydrogen-bond donors (Lipinski definition) is 1. The van der Waals surface area contributed by atoms with E-state index in [1.165, 1.54) is 44.8 Å². The third kappa shape index (κ3) is 3.50. The van der Waals surface area contributed by atoms with Crippen LogP contribution in [0.3, 0.4) is 0 Å². The average Bonchev–Trinajstić information content (AvgIpc) is 2.44. The molecule has 0 spiro atoms. The zero-order chi connectivity index (χ0) is 16.9. The molecule has 6 heteroatoms. The van der Waals surface area contributed by atoms with Crippen LogP contribution in [0.2, 0.25) is 0 Å². The van der Waals surface area contributed by atoms with Crippen LogP contribution in [-0.4, -0.2) is 44.6 Å². The van der Waals surface area contributed by atoms with Gasteiger partial charge >= 0.3 is 0 Å². The van der Waals surface area contributed by atoms with Crippen molar-refractivity contribution >= 4 is 15.9 Å². The van der Waals surface area contributed by atoms with Crippen molar-refractivity contribution in [3.63, 3.8) is 0 Å². The quantitative estimate of drug-likeness (QED) is 0.841. The van der Waals surface area contributed by atoms with E-state index in [0.29, 0.717) is 24.4 Å². The third-order valence-electron chi connectivity index (χ3n) is 6.92. The number of carbonyl (C=O) groups is 1. The number of nitrogens with zero attached hydrogens (tertiary/aromatic N) is 1. The number of likely N-dealkylation sites (tertiary alicyclic amines) is 1. The highest BCUT2D eigenvalue weighted by Crippen LogP contribution is 2.61. The Balaban J connectivity index is 1.33. The van der Waals surface area contributed by atoms with Gasteiger partial charge in [-0.15, -0.1) is 0 Å². The van der Waals surface area contributed by atoms with Crippen molar-refractivity contribution < 1.29 is 13.2 Å². The summed E-state index contributed by atoms with van der Waals surface area (Å²) in [6.07, 6.45) is 11.5. The summed E-state index contributed by atoms with van der Waals surface area (Å²) in [4.78, 5) is 14.8. The van der Waals surface area contributed by atoms with E-state index in [4.69, 9.17) is 0 Å². The van der Waals surface area contributed by atoms with Crippen LogP contribution in [0, 0.1) is 23.2 Å². The average molecular weight is 355 g/mol. The summed E-state index contributed by atoms with van der Waals surface area (Å²) in [5.41, 5.74) is 0.299. The van der Waals surface area contributed by atoms with Gasteiger partial charge in [0.1, 0.15) is 0 Å². The Hall–Kier alpha value is -0.620. The van der Waals surface area contributed by atoms with Crippen molar-refractivity contribution in [2.45, 2.75) is 63.8 Å². The van der Waals surface area contributed by atoms with E-state index in [1.807, 2.05) is 4.90 Å².